The number of likely N-dealkylation sites (N-methyl/N-ethyl adjacent to an activating group) is 1. The fraction of sp³-hybridized carbons (Fsp3) is 1.00. The Morgan fingerprint density at radius 1 is 1.56 bits per heavy atom. The molecule has 0 rings (SSSR count). The lowest BCUT2D eigenvalue weighted by molar-refractivity contribution is -0.873. The Bertz CT molecular complexity index is 84.3. The van der Waals surface area contributed by atoms with E-state index in [0.717, 1.165) is 4.48 Å². The summed E-state index contributed by atoms with van der Waals surface area (Å²) in [4.78, 5) is 0. The number of alkyl halides is 1. The number of nitrogens with zero attached hydrogens (tertiary/aromatic N) is 1. The molecule has 0 heterocycles. The minimum absolute atomic E-state index is 0. The minimum Gasteiger partial charge on any atom is -1.00 e. The molecule has 0 bridgehead atoms. The lowest BCUT2D eigenvalue weighted by Crippen LogP contribution is -2.41. The molecule has 0 aliphatic heterocycles. The third-order valence-electron chi connectivity index (χ3n) is 0.937. The third-order valence-corrected chi connectivity index (χ3v) is 1.29. The number of aliphatic hydroxyl groups excluding tert-OH is 1. The highest BCUT2D eigenvalue weighted by Gasteiger charge is 2.13. The number of rotatable bonds is 3. The van der Waals surface area contributed by atoms with Gasteiger partial charge in [-0.15, -0.1) is 11.6 Å². The van der Waals surface area contributed by atoms with Crippen molar-refractivity contribution in [3.8, 4) is 0 Å². The summed E-state index contributed by atoms with van der Waals surface area (Å²) < 4.78 is 0.758. The molecule has 0 spiro atoms. The summed E-state index contributed by atoms with van der Waals surface area (Å²) in [6.07, 6.45) is -0.369. The van der Waals surface area contributed by atoms with Crippen LogP contribution < -0.4 is 0 Å². The number of aliphatic hydroxyl groups is 1. The van der Waals surface area contributed by atoms with E-state index >= 15 is 0 Å². The summed E-state index contributed by atoms with van der Waals surface area (Å²) >= 11 is 5.40. The Morgan fingerprint density at radius 2 is 2.00 bits per heavy atom. The highest BCUT2D eigenvalue weighted by molar-refractivity contribution is 6.18. The van der Waals surface area contributed by atoms with Gasteiger partial charge in [-0.25, -0.2) is 0 Å². The van der Waals surface area contributed by atoms with Crippen LogP contribution >= 0.6 is 11.6 Å². The van der Waals surface area contributed by atoms with Crippen LogP contribution in [0, 0.1) is 0 Å². The fourth-order valence-electron chi connectivity index (χ4n) is 0.681. The van der Waals surface area contributed by atoms with E-state index in [1.165, 1.54) is 0 Å². The second-order valence-electron chi connectivity index (χ2n) is 3.28. The Balaban J connectivity index is 0. The van der Waals surface area contributed by atoms with Crippen LogP contribution in [0.3, 0.4) is 0 Å². The van der Waals surface area contributed by atoms with Gasteiger partial charge in [0.2, 0.25) is 0 Å². The van der Waals surface area contributed by atoms with E-state index in [0.29, 0.717) is 12.4 Å². The predicted octanol–water partition coefficient (Wildman–Crippen LogP) is 0.405. The van der Waals surface area contributed by atoms with E-state index in [2.05, 4.69) is 0 Å². The van der Waals surface area contributed by atoms with Crippen LogP contribution in [0.4, 0.5) is 0 Å². The molecule has 0 aromatic heterocycles. The maximum absolute atomic E-state index is 9.05. The van der Waals surface area contributed by atoms with Crippen LogP contribution in [-0.4, -0.2) is 49.3 Å². The van der Waals surface area contributed by atoms with Gasteiger partial charge < -0.3 is 11.0 Å². The van der Waals surface area contributed by atoms with E-state index in [1.807, 2.05) is 21.1 Å². The van der Waals surface area contributed by atoms with E-state index in [-0.39, 0.29) is 7.53 Å². The molecule has 1 unspecified atom stereocenters. The molecule has 0 saturated heterocycles. The van der Waals surface area contributed by atoms with Crippen molar-refractivity contribution in [3.63, 3.8) is 0 Å². The summed E-state index contributed by atoms with van der Waals surface area (Å²) in [6, 6.07) is 0. The van der Waals surface area contributed by atoms with Crippen molar-refractivity contribution in [1.82, 2.24) is 0 Å². The monoisotopic (exact) mass is 153 g/mol. The molecule has 0 radical (unpaired) electrons. The second-order valence-corrected chi connectivity index (χ2v) is 3.59. The van der Waals surface area contributed by atoms with Crippen molar-refractivity contribution in [1.29, 1.82) is 0 Å². The normalized spacial score (nSPS) is 15.7. The van der Waals surface area contributed by atoms with Crippen molar-refractivity contribution in [2.24, 2.45) is 0 Å². The minimum atomic E-state index is -0.369. The molecule has 0 aromatic rings. The molecule has 0 aliphatic rings. The second kappa shape index (κ2) is 3.40. The molecule has 58 valence electrons. The number of hydrogen-bond donors (Lipinski definition) is 1. The van der Waals surface area contributed by atoms with Gasteiger partial charge in [0, 0.05) is 0 Å². The van der Waals surface area contributed by atoms with E-state index in [9.17, 15) is 0 Å². The lowest BCUT2D eigenvalue weighted by atomic mass is 10.3. The quantitative estimate of drug-likeness (QED) is 0.460. The topological polar surface area (TPSA) is 20.2 Å². The van der Waals surface area contributed by atoms with E-state index in [1.54, 1.807) is 0 Å². The zero-order valence-corrected chi connectivity index (χ0v) is 7.02. The van der Waals surface area contributed by atoms with Gasteiger partial charge in [-0.05, 0) is 0 Å². The molecule has 0 fully saturated rings. The van der Waals surface area contributed by atoms with Gasteiger partial charge >= 0.3 is 0 Å². The van der Waals surface area contributed by atoms with Crippen molar-refractivity contribution in [3.05, 3.63) is 0 Å². The number of hydrogen-bond acceptors (Lipinski definition) is 1. The van der Waals surface area contributed by atoms with Gasteiger partial charge in [-0.3, -0.25) is 0 Å². The highest BCUT2D eigenvalue weighted by atomic mass is 35.5. The molecular formula is C6H16ClNO. The van der Waals surface area contributed by atoms with Crippen molar-refractivity contribution in [2.45, 2.75) is 6.10 Å². The van der Waals surface area contributed by atoms with Gasteiger partial charge in [0.05, 0.1) is 27.0 Å². The Hall–Kier alpha value is 0.210. The predicted molar refractivity (Wildman–Crippen MR) is 40.7 cm³/mol. The Kier molecular flexibility index (Phi) is 3.48. The summed E-state index contributed by atoms with van der Waals surface area (Å²) in [7, 11) is 6.07. The fourth-order valence-corrected chi connectivity index (χ4v) is 0.779. The summed E-state index contributed by atoms with van der Waals surface area (Å²) in [5, 5.41) is 9.05. The molecule has 2 nitrogen and oxygen atoms in total. The first-order valence-corrected chi connectivity index (χ1v) is 3.53. The van der Waals surface area contributed by atoms with Crippen LogP contribution in [0.1, 0.15) is 1.43 Å². The molecule has 9 heavy (non-hydrogen) atoms. The van der Waals surface area contributed by atoms with Crippen LogP contribution in [0.2, 0.25) is 0 Å². The lowest BCUT2D eigenvalue weighted by Gasteiger charge is -2.25. The molecule has 1 atom stereocenters. The van der Waals surface area contributed by atoms with Crippen molar-refractivity contribution < 1.29 is 11.0 Å². The van der Waals surface area contributed by atoms with Gasteiger partial charge in [0.25, 0.3) is 0 Å². The molecular weight excluding hydrogens is 138 g/mol. The van der Waals surface area contributed by atoms with Crippen molar-refractivity contribution >= 4 is 11.6 Å². The van der Waals surface area contributed by atoms with Crippen LogP contribution in [0.5, 0.6) is 0 Å². The molecule has 0 amide bonds. The number of halogens is 1. The molecule has 3 heteroatoms. The van der Waals surface area contributed by atoms with Crippen molar-refractivity contribution in [2.75, 3.05) is 33.6 Å². The summed E-state index contributed by atoms with van der Waals surface area (Å²) in [5.41, 5.74) is 0. The average Bonchev–Trinajstić information content (AvgIpc) is 1.62. The Labute approximate surface area is 63.1 Å². The van der Waals surface area contributed by atoms with Gasteiger partial charge in [-0.1, -0.05) is 0 Å². The highest BCUT2D eigenvalue weighted by Crippen LogP contribution is 1.95. The summed E-state index contributed by atoms with van der Waals surface area (Å²) in [5.74, 6) is 0.329. The number of quaternary nitrogens is 1. The zero-order valence-electron chi connectivity index (χ0n) is 7.26. The van der Waals surface area contributed by atoms with Crippen LogP contribution in [0.25, 0.3) is 0 Å². The first-order valence-electron chi connectivity index (χ1n) is 3.00. The first-order chi connectivity index (χ1) is 3.95. The Morgan fingerprint density at radius 3 is 2.11 bits per heavy atom. The zero-order chi connectivity index (χ0) is 7.49. The smallest absolute Gasteiger partial charge is 0.116 e. The largest absolute Gasteiger partial charge is 1.00 e. The molecule has 1 N–H and O–H groups in total. The van der Waals surface area contributed by atoms with E-state index in [4.69, 9.17) is 16.7 Å². The summed E-state index contributed by atoms with van der Waals surface area (Å²) in [6.45, 7) is 0.712. The maximum atomic E-state index is 9.05. The van der Waals surface area contributed by atoms with E-state index < -0.39 is 0 Å². The molecule has 0 saturated carbocycles. The van der Waals surface area contributed by atoms with Gasteiger partial charge in [0.15, 0.2) is 0 Å². The van der Waals surface area contributed by atoms with Gasteiger partial charge in [0.1, 0.15) is 12.6 Å². The SMILES string of the molecule is C[N+](C)(C)CC(O)CCl.[H-]. The van der Waals surface area contributed by atoms with Crippen LogP contribution in [0.15, 0.2) is 0 Å². The standard InChI is InChI=1S/C6H15ClNO.H/c1-8(2,3)5-6(9)4-7;/h6,9H,4-5H2,1-3H3;/q+1;-1. The average molecular weight is 154 g/mol. The van der Waals surface area contributed by atoms with Gasteiger partial charge in [-0.2, -0.15) is 0 Å². The van der Waals surface area contributed by atoms with Crippen LogP contribution in [-0.2, 0) is 0 Å². The maximum Gasteiger partial charge on any atom is 0.116 e. The molecule has 0 aromatic carbocycles. The first kappa shape index (κ1) is 9.21. The molecule has 0 aliphatic carbocycles. The third kappa shape index (κ3) is 6.09.